The molecule has 72 heavy (non-hydrogen) atoms. The van der Waals surface area contributed by atoms with Crippen molar-refractivity contribution in [3.8, 4) is 34.0 Å². The highest BCUT2D eigenvalue weighted by molar-refractivity contribution is 7.93. The molecule has 16 nitrogen and oxygen atoms in total. The van der Waals surface area contributed by atoms with E-state index in [0.29, 0.717) is 69.5 Å². The summed E-state index contributed by atoms with van der Waals surface area (Å²) in [6.45, 7) is 3.71. The highest BCUT2D eigenvalue weighted by Crippen LogP contribution is 2.46. The first-order valence-electron chi connectivity index (χ1n) is 21.6. The van der Waals surface area contributed by atoms with Crippen LogP contribution in [0.1, 0.15) is 69.8 Å². The summed E-state index contributed by atoms with van der Waals surface area (Å²) in [6.07, 6.45) is 0.161. The van der Waals surface area contributed by atoms with Gasteiger partial charge >= 0.3 is 12.4 Å². The number of aryl methyl sites for hydroxylation is 2. The third-order valence-corrected chi connectivity index (χ3v) is 14.2. The Balaban J connectivity index is 0.000000178. The molecule has 0 aliphatic carbocycles. The number of benzene rings is 4. The molecular formula is C48H38F6N8O8S2. The lowest BCUT2D eigenvalue weighted by molar-refractivity contribution is -0.138. The van der Waals surface area contributed by atoms with Crippen molar-refractivity contribution in [1.29, 1.82) is 0 Å². The zero-order valence-electron chi connectivity index (χ0n) is 37.6. The van der Waals surface area contributed by atoms with Gasteiger partial charge in [-0.3, -0.25) is 0 Å². The van der Waals surface area contributed by atoms with Crippen LogP contribution in [0, 0.1) is 13.8 Å². The fraction of sp³-hybridized carbons (Fsp3) is 0.208. The standard InChI is InChI=1S/2C24H19F3N4O4S/c2*1-14-30-21(13-35-14)20-11-15(24(25,26)27)3-5-17(20)18-7-10-34-22-12-16(4-6-19(18)22)36(32,33)31-23-28-8-2-9-29-23/h2*2-6,8-9,11-13,18H,7,10H2,1H3,(H,28,29,31)/t2*18-/m10/s1. The number of fused-ring (bicyclic) bond motifs is 2. The summed E-state index contributed by atoms with van der Waals surface area (Å²) >= 11 is 0. The maximum atomic E-state index is 13.5. The van der Waals surface area contributed by atoms with Crippen LogP contribution in [0.5, 0.6) is 11.5 Å². The van der Waals surface area contributed by atoms with Gasteiger partial charge in [0.05, 0.1) is 34.1 Å². The average Bonchev–Trinajstić information content (AvgIpc) is 4.00. The quantitative estimate of drug-likeness (QED) is 0.122. The monoisotopic (exact) mass is 1030 g/mol. The molecule has 2 atom stereocenters. The van der Waals surface area contributed by atoms with Gasteiger partial charge in [-0.15, -0.1) is 0 Å². The van der Waals surface area contributed by atoms with Crippen molar-refractivity contribution >= 4 is 31.9 Å². The number of alkyl halides is 6. The number of rotatable bonds is 10. The summed E-state index contributed by atoms with van der Waals surface area (Å²) in [5.74, 6) is 0.430. The zero-order chi connectivity index (χ0) is 51.0. The number of ether oxygens (including phenoxy) is 2. The molecule has 0 amide bonds. The second-order valence-corrected chi connectivity index (χ2v) is 19.6. The Morgan fingerprint density at radius 1 is 0.528 bits per heavy atom. The van der Waals surface area contributed by atoms with E-state index in [9.17, 15) is 43.2 Å². The molecule has 0 saturated carbocycles. The first-order chi connectivity index (χ1) is 34.2. The normalized spacial score (nSPS) is 15.7. The molecule has 4 aromatic heterocycles. The number of sulfonamides is 2. The molecule has 6 heterocycles. The minimum absolute atomic E-state index is 0.0610. The molecule has 0 spiro atoms. The van der Waals surface area contributed by atoms with Crippen molar-refractivity contribution in [2.24, 2.45) is 0 Å². The summed E-state index contributed by atoms with van der Waals surface area (Å²) in [7, 11) is -8.00. The van der Waals surface area contributed by atoms with Gasteiger partial charge in [-0.2, -0.15) is 26.3 Å². The largest absolute Gasteiger partial charge is 0.493 e. The molecule has 0 saturated heterocycles. The number of nitrogens with zero attached hydrogens (tertiary/aromatic N) is 6. The van der Waals surface area contributed by atoms with Crippen LogP contribution in [-0.2, 0) is 32.4 Å². The van der Waals surface area contributed by atoms with Crippen molar-refractivity contribution in [2.75, 3.05) is 22.7 Å². The van der Waals surface area contributed by atoms with Crippen LogP contribution >= 0.6 is 0 Å². The smallest absolute Gasteiger partial charge is 0.416 e. The van der Waals surface area contributed by atoms with E-state index in [-0.39, 0.29) is 58.1 Å². The number of halogens is 6. The maximum absolute atomic E-state index is 13.5. The predicted molar refractivity (Wildman–Crippen MR) is 246 cm³/mol. The minimum Gasteiger partial charge on any atom is -0.493 e. The molecule has 2 aliphatic rings. The molecule has 10 rings (SSSR count). The molecule has 2 N–H and O–H groups in total. The van der Waals surface area contributed by atoms with Crippen LogP contribution in [-0.4, -0.2) is 60.0 Å². The number of aromatic nitrogens is 6. The van der Waals surface area contributed by atoms with Crippen LogP contribution < -0.4 is 18.9 Å². The molecule has 8 aromatic rings. The molecule has 4 aromatic carbocycles. The van der Waals surface area contributed by atoms with Crippen molar-refractivity contribution in [3.63, 3.8) is 0 Å². The first kappa shape index (κ1) is 49.1. The van der Waals surface area contributed by atoms with Crippen LogP contribution in [0.15, 0.2) is 141 Å². The summed E-state index contributed by atoms with van der Waals surface area (Å²) in [5.41, 5.74) is 2.06. The van der Waals surface area contributed by atoms with Gasteiger partial charge in [0.25, 0.3) is 20.0 Å². The van der Waals surface area contributed by atoms with Gasteiger partial charge in [0.1, 0.15) is 35.4 Å². The lowest BCUT2D eigenvalue weighted by Gasteiger charge is -2.28. The topological polar surface area (TPSA) is 214 Å². The Bertz CT molecular complexity index is 3270. The van der Waals surface area contributed by atoms with Crippen molar-refractivity contribution in [2.45, 2.75) is 60.7 Å². The lowest BCUT2D eigenvalue weighted by atomic mass is 9.83. The third kappa shape index (κ3) is 10.6. The summed E-state index contributed by atoms with van der Waals surface area (Å²) in [6, 6.07) is 19.0. The number of oxazole rings is 2. The third-order valence-electron chi connectivity index (χ3n) is 11.6. The van der Waals surface area contributed by atoms with Crippen LogP contribution in [0.3, 0.4) is 0 Å². The van der Waals surface area contributed by atoms with Gasteiger partial charge in [0.15, 0.2) is 11.8 Å². The van der Waals surface area contributed by atoms with Crippen molar-refractivity contribution in [3.05, 3.63) is 167 Å². The molecule has 2 aliphatic heterocycles. The fourth-order valence-electron chi connectivity index (χ4n) is 8.27. The van der Waals surface area contributed by atoms with E-state index in [1.807, 2.05) is 0 Å². The first-order valence-corrected chi connectivity index (χ1v) is 24.6. The van der Waals surface area contributed by atoms with E-state index in [1.165, 1.54) is 73.7 Å². The van der Waals surface area contributed by atoms with Gasteiger partial charge in [-0.1, -0.05) is 24.3 Å². The highest BCUT2D eigenvalue weighted by atomic mass is 32.2. The SMILES string of the molecule is Cc1nc(-c2cc(C(F)(F)F)ccc2[C@@H]2CCOc3cc(S(=O)(=O)Nc4ncccn4)ccc32)co1.Cc1nc(-c2cc(C(F)(F)F)ccc2[C@H]2CCOc3cc(S(=O)(=O)Nc4ncccn4)ccc32)co1. The van der Waals surface area contributed by atoms with E-state index < -0.39 is 43.5 Å². The molecule has 0 bridgehead atoms. The van der Waals surface area contributed by atoms with Crippen LogP contribution in [0.25, 0.3) is 22.5 Å². The fourth-order valence-corrected chi connectivity index (χ4v) is 10.2. The summed E-state index contributed by atoms with van der Waals surface area (Å²) in [4.78, 5) is 23.8. The van der Waals surface area contributed by atoms with Gasteiger partial charge in [-0.25, -0.2) is 56.2 Å². The summed E-state index contributed by atoms with van der Waals surface area (Å²) < 4.78 is 159. The van der Waals surface area contributed by atoms with Crippen molar-refractivity contribution in [1.82, 2.24) is 29.9 Å². The second-order valence-electron chi connectivity index (χ2n) is 16.2. The number of anilines is 2. The summed E-state index contributed by atoms with van der Waals surface area (Å²) in [5, 5.41) is 0. The van der Waals surface area contributed by atoms with E-state index in [4.69, 9.17) is 18.3 Å². The Morgan fingerprint density at radius 3 is 1.25 bits per heavy atom. The molecule has 372 valence electrons. The Labute approximate surface area is 406 Å². The molecular weight excluding hydrogens is 995 g/mol. The van der Waals surface area contributed by atoms with Gasteiger partial charge < -0.3 is 18.3 Å². The van der Waals surface area contributed by atoms with E-state index in [0.717, 1.165) is 24.3 Å². The van der Waals surface area contributed by atoms with E-state index >= 15 is 0 Å². The predicted octanol–water partition coefficient (Wildman–Crippen LogP) is 10.3. The Kier molecular flexibility index (Phi) is 13.2. The molecule has 0 fully saturated rings. The Morgan fingerprint density at radius 2 is 0.903 bits per heavy atom. The minimum atomic E-state index is -4.53. The number of nitrogens with one attached hydrogen (secondary N) is 2. The highest BCUT2D eigenvalue weighted by Gasteiger charge is 2.36. The zero-order valence-corrected chi connectivity index (χ0v) is 39.2. The number of hydrogen-bond acceptors (Lipinski definition) is 14. The molecule has 0 unspecified atom stereocenters. The lowest BCUT2D eigenvalue weighted by Crippen LogP contribution is -2.19. The molecule has 0 radical (unpaired) electrons. The van der Waals surface area contributed by atoms with Crippen LogP contribution in [0.2, 0.25) is 0 Å². The van der Waals surface area contributed by atoms with E-state index in [1.54, 1.807) is 38.1 Å². The number of hydrogen-bond donors (Lipinski definition) is 2. The Hall–Kier alpha value is -7.86. The maximum Gasteiger partial charge on any atom is 0.416 e. The van der Waals surface area contributed by atoms with E-state index in [2.05, 4.69) is 39.3 Å². The second kappa shape index (κ2) is 19.4. The molecule has 24 heteroatoms. The van der Waals surface area contributed by atoms with Gasteiger partial charge in [0, 0.05) is 84.9 Å². The average molecular weight is 1030 g/mol. The van der Waals surface area contributed by atoms with Crippen molar-refractivity contribution < 1.29 is 61.5 Å². The van der Waals surface area contributed by atoms with Gasteiger partial charge in [0.2, 0.25) is 11.9 Å². The van der Waals surface area contributed by atoms with Crippen LogP contribution in [0.4, 0.5) is 38.2 Å². The van der Waals surface area contributed by atoms with Gasteiger partial charge in [-0.05, 0) is 72.5 Å².